The summed E-state index contributed by atoms with van der Waals surface area (Å²) in [6.45, 7) is 10.5. The number of epoxide rings is 1. The van der Waals surface area contributed by atoms with Crippen molar-refractivity contribution in [2.24, 2.45) is 16.7 Å². The van der Waals surface area contributed by atoms with Crippen LogP contribution in [0.25, 0.3) is 0 Å². The number of rotatable bonds is 6. The van der Waals surface area contributed by atoms with E-state index >= 15 is 0 Å². The molecule has 2 heterocycles. The minimum atomic E-state index is -1.13. The number of esters is 3. The van der Waals surface area contributed by atoms with Crippen LogP contribution in [-0.4, -0.2) is 72.3 Å². The third kappa shape index (κ3) is 3.51. The second-order valence-electron chi connectivity index (χ2n) is 10.5. The van der Waals surface area contributed by atoms with Crippen molar-refractivity contribution in [2.45, 2.75) is 90.5 Å². The predicted octanol–water partition coefficient (Wildman–Crippen LogP) is 1.69. The van der Waals surface area contributed by atoms with Crippen LogP contribution in [-0.2, 0) is 38.1 Å². The lowest BCUT2D eigenvalue weighted by molar-refractivity contribution is -0.239. The molecule has 184 valence electrons. The molecule has 4 rings (SSSR count). The molecule has 9 heteroatoms. The molecule has 0 aromatic rings. The van der Waals surface area contributed by atoms with Gasteiger partial charge in [-0.15, -0.1) is 0 Å². The summed E-state index contributed by atoms with van der Waals surface area (Å²) in [4.78, 5) is 36.2. The number of aliphatic hydroxyl groups is 1. The van der Waals surface area contributed by atoms with Crippen molar-refractivity contribution in [3.8, 4) is 0 Å². The minimum absolute atomic E-state index is 0.0623. The maximum absolute atomic E-state index is 12.5. The molecule has 0 aromatic carbocycles. The third-order valence-electron chi connectivity index (χ3n) is 8.02. The van der Waals surface area contributed by atoms with Gasteiger partial charge in [-0.1, -0.05) is 26.8 Å². The molecule has 1 saturated carbocycles. The molecular weight excluding hydrogens is 432 g/mol. The molecule has 0 aromatic heterocycles. The van der Waals surface area contributed by atoms with Gasteiger partial charge in [-0.05, 0) is 18.4 Å². The Hall–Kier alpha value is -1.97. The van der Waals surface area contributed by atoms with E-state index in [1.54, 1.807) is 0 Å². The number of fused-ring (bicyclic) bond motifs is 2. The number of ether oxygens (including phenoxy) is 5. The fourth-order valence-electron chi connectivity index (χ4n) is 6.21. The molecular formula is C24H34O9. The highest BCUT2D eigenvalue weighted by Gasteiger charge is 2.86. The molecule has 2 bridgehead atoms. The normalized spacial score (nSPS) is 43.0. The minimum Gasteiger partial charge on any atom is -0.465 e. The molecule has 2 aliphatic carbocycles. The lowest BCUT2D eigenvalue weighted by Crippen LogP contribution is -2.67. The summed E-state index contributed by atoms with van der Waals surface area (Å²) in [5, 5.41) is 11.6. The van der Waals surface area contributed by atoms with E-state index < -0.39 is 58.9 Å². The van der Waals surface area contributed by atoms with Gasteiger partial charge in [0.25, 0.3) is 0 Å². The van der Waals surface area contributed by atoms with Crippen LogP contribution in [0.15, 0.2) is 11.6 Å². The Morgan fingerprint density at radius 2 is 1.88 bits per heavy atom. The van der Waals surface area contributed by atoms with E-state index in [4.69, 9.17) is 23.7 Å². The Labute approximate surface area is 193 Å². The van der Waals surface area contributed by atoms with Gasteiger partial charge in [-0.2, -0.15) is 0 Å². The van der Waals surface area contributed by atoms with Crippen LogP contribution < -0.4 is 0 Å². The smallest absolute Gasteiger partial charge is 0.306 e. The van der Waals surface area contributed by atoms with Gasteiger partial charge in [0.15, 0.2) is 6.10 Å². The number of carbonyl (C=O) groups excluding carboxylic acids is 3. The van der Waals surface area contributed by atoms with E-state index in [1.807, 2.05) is 33.8 Å². The molecule has 1 spiro atoms. The molecule has 9 nitrogen and oxygen atoms in total. The standard InChI is InChI=1S/C24H34O9/c1-12(2)7-18(27)32-16-9-23(10-29-14(4)25)17(8-13(16)3)33-21-19(31-15(5)26)20(28)22(23,6)24(21)11-30-24/h8,12,16-17,19-21,28H,7,9-11H2,1-6H3/t16-,17+,19+,20+,21+,22+,23+,24-/m0/s1. The van der Waals surface area contributed by atoms with Crippen molar-refractivity contribution in [3.63, 3.8) is 0 Å². The Bertz CT molecular complexity index is 875. The van der Waals surface area contributed by atoms with Crippen molar-refractivity contribution >= 4 is 17.9 Å². The van der Waals surface area contributed by atoms with Gasteiger partial charge in [-0.3, -0.25) is 14.4 Å². The first-order valence-electron chi connectivity index (χ1n) is 11.5. The van der Waals surface area contributed by atoms with Gasteiger partial charge in [0, 0.05) is 37.5 Å². The number of aliphatic hydroxyl groups excluding tert-OH is 1. The Morgan fingerprint density at radius 3 is 2.42 bits per heavy atom. The SMILES string of the molecule is CC(=O)OC[C@]12C[C@H](OC(=O)CC(C)C)C(C)=C[C@H]1O[C@@H]1[C@H](OC(C)=O)[C@@H](O)[C@@]2(C)[C@]12CO2. The Morgan fingerprint density at radius 1 is 1.21 bits per heavy atom. The summed E-state index contributed by atoms with van der Waals surface area (Å²) < 4.78 is 29.3. The average molecular weight is 467 g/mol. The molecule has 2 saturated heterocycles. The van der Waals surface area contributed by atoms with Crippen LogP contribution in [0, 0.1) is 16.7 Å². The van der Waals surface area contributed by atoms with E-state index in [1.165, 1.54) is 13.8 Å². The van der Waals surface area contributed by atoms with Crippen molar-refractivity contribution in [1.29, 1.82) is 0 Å². The van der Waals surface area contributed by atoms with Crippen molar-refractivity contribution in [3.05, 3.63) is 11.6 Å². The first-order chi connectivity index (χ1) is 15.4. The second-order valence-corrected chi connectivity index (χ2v) is 10.5. The molecule has 0 radical (unpaired) electrons. The summed E-state index contributed by atoms with van der Waals surface area (Å²) in [6, 6.07) is 0. The lowest BCUT2D eigenvalue weighted by atomic mass is 9.51. The quantitative estimate of drug-likeness (QED) is 0.270. The highest BCUT2D eigenvalue weighted by atomic mass is 16.7. The first-order valence-corrected chi connectivity index (χ1v) is 11.5. The van der Waals surface area contributed by atoms with Crippen LogP contribution in [0.2, 0.25) is 0 Å². The maximum atomic E-state index is 12.5. The predicted molar refractivity (Wildman–Crippen MR) is 114 cm³/mol. The van der Waals surface area contributed by atoms with Crippen LogP contribution in [0.1, 0.15) is 54.4 Å². The maximum Gasteiger partial charge on any atom is 0.306 e. The van der Waals surface area contributed by atoms with Gasteiger partial charge in [0.2, 0.25) is 0 Å². The van der Waals surface area contributed by atoms with Gasteiger partial charge >= 0.3 is 17.9 Å². The molecule has 0 amide bonds. The summed E-state index contributed by atoms with van der Waals surface area (Å²) >= 11 is 0. The highest BCUT2D eigenvalue weighted by molar-refractivity contribution is 5.70. The topological polar surface area (TPSA) is 121 Å². The Kier molecular flexibility index (Phi) is 5.90. The number of hydrogen-bond acceptors (Lipinski definition) is 9. The molecule has 8 atom stereocenters. The van der Waals surface area contributed by atoms with E-state index in [0.717, 1.165) is 5.57 Å². The van der Waals surface area contributed by atoms with Gasteiger partial charge in [0.05, 0.1) is 12.7 Å². The van der Waals surface area contributed by atoms with Crippen LogP contribution in [0.5, 0.6) is 0 Å². The summed E-state index contributed by atoms with van der Waals surface area (Å²) in [6.07, 6.45) is -1.42. The highest BCUT2D eigenvalue weighted by Crippen LogP contribution is 2.72. The fraction of sp³-hybridized carbons (Fsp3) is 0.792. The van der Waals surface area contributed by atoms with Crippen LogP contribution >= 0.6 is 0 Å². The summed E-state index contributed by atoms with van der Waals surface area (Å²) in [5.41, 5.74) is -2.04. The van der Waals surface area contributed by atoms with Crippen molar-refractivity contribution < 1.29 is 43.2 Å². The fourth-order valence-corrected chi connectivity index (χ4v) is 6.21. The third-order valence-corrected chi connectivity index (χ3v) is 8.02. The van der Waals surface area contributed by atoms with Gasteiger partial charge in [0.1, 0.15) is 30.5 Å². The molecule has 33 heavy (non-hydrogen) atoms. The van der Waals surface area contributed by atoms with E-state index in [9.17, 15) is 19.5 Å². The zero-order chi connectivity index (χ0) is 24.3. The second kappa shape index (κ2) is 8.06. The van der Waals surface area contributed by atoms with Gasteiger partial charge in [-0.25, -0.2) is 0 Å². The van der Waals surface area contributed by atoms with Crippen molar-refractivity contribution in [1.82, 2.24) is 0 Å². The molecule has 4 aliphatic rings. The lowest BCUT2D eigenvalue weighted by Gasteiger charge is -2.58. The average Bonchev–Trinajstić information content (AvgIpc) is 3.48. The first kappa shape index (κ1) is 24.2. The molecule has 3 fully saturated rings. The molecule has 2 aliphatic heterocycles. The summed E-state index contributed by atoms with van der Waals surface area (Å²) in [5.74, 6) is -1.17. The van der Waals surface area contributed by atoms with Crippen LogP contribution in [0.4, 0.5) is 0 Å². The van der Waals surface area contributed by atoms with E-state index in [0.29, 0.717) is 6.61 Å². The zero-order valence-corrected chi connectivity index (χ0v) is 20.1. The van der Waals surface area contributed by atoms with Gasteiger partial charge < -0.3 is 28.8 Å². The number of hydrogen-bond donors (Lipinski definition) is 1. The molecule has 0 unspecified atom stereocenters. The van der Waals surface area contributed by atoms with Crippen LogP contribution in [0.3, 0.4) is 0 Å². The monoisotopic (exact) mass is 466 g/mol. The number of carbonyl (C=O) groups is 3. The van der Waals surface area contributed by atoms with E-state index in [2.05, 4.69) is 0 Å². The van der Waals surface area contributed by atoms with E-state index in [-0.39, 0.29) is 31.3 Å². The Balaban J connectivity index is 1.77. The molecule has 1 N–H and O–H groups in total. The van der Waals surface area contributed by atoms with Crippen molar-refractivity contribution in [2.75, 3.05) is 13.2 Å². The zero-order valence-electron chi connectivity index (χ0n) is 20.1. The largest absolute Gasteiger partial charge is 0.465 e. The summed E-state index contributed by atoms with van der Waals surface area (Å²) in [7, 11) is 0.